The highest BCUT2D eigenvalue weighted by molar-refractivity contribution is 5.89. The molecule has 0 saturated heterocycles. The van der Waals surface area contributed by atoms with E-state index in [9.17, 15) is 0 Å². The molecule has 0 aliphatic heterocycles. The summed E-state index contributed by atoms with van der Waals surface area (Å²) >= 11 is 0. The van der Waals surface area contributed by atoms with Crippen LogP contribution in [0.5, 0.6) is 0 Å². The maximum Gasteiger partial charge on any atom is 0.222 e. The van der Waals surface area contributed by atoms with E-state index < -0.39 is 0 Å². The predicted molar refractivity (Wildman–Crippen MR) is 95.6 cm³/mol. The Hall–Kier alpha value is -2.70. The lowest BCUT2D eigenvalue weighted by Crippen LogP contribution is -2.38. The van der Waals surface area contributed by atoms with Crippen LogP contribution in [0.15, 0.2) is 30.9 Å². The molecule has 0 fully saturated rings. The molecule has 1 unspecified atom stereocenters. The van der Waals surface area contributed by atoms with Gasteiger partial charge in [-0.25, -0.2) is 9.97 Å². The number of aromatic amines is 1. The summed E-state index contributed by atoms with van der Waals surface area (Å²) in [6, 6.07) is 1.91. The number of aromatic nitrogens is 5. The second kappa shape index (κ2) is 6.82. The summed E-state index contributed by atoms with van der Waals surface area (Å²) in [4.78, 5) is 20.3. The molecule has 3 aromatic rings. The summed E-state index contributed by atoms with van der Waals surface area (Å²) in [5.74, 6) is 1.94. The molecular weight excluding hydrogens is 302 g/mol. The molecule has 24 heavy (non-hydrogen) atoms. The van der Waals surface area contributed by atoms with Crippen molar-refractivity contribution in [2.45, 2.75) is 45.1 Å². The van der Waals surface area contributed by atoms with Gasteiger partial charge in [0.1, 0.15) is 11.6 Å². The molecule has 1 atom stereocenters. The van der Waals surface area contributed by atoms with E-state index in [1.165, 1.54) is 0 Å². The number of hydrogen-bond donors (Lipinski definition) is 3. The van der Waals surface area contributed by atoms with Crippen LogP contribution in [0.1, 0.15) is 38.9 Å². The highest BCUT2D eigenvalue weighted by Crippen LogP contribution is 2.27. The number of nitrogens with two attached hydrogens (primary N) is 1. The molecule has 0 amide bonds. The van der Waals surface area contributed by atoms with Gasteiger partial charge in [0.2, 0.25) is 5.95 Å². The van der Waals surface area contributed by atoms with Gasteiger partial charge in [0.05, 0.1) is 11.7 Å². The molecular formula is C17H23N7. The Morgan fingerprint density at radius 2 is 2.17 bits per heavy atom. The fourth-order valence-corrected chi connectivity index (χ4v) is 2.91. The van der Waals surface area contributed by atoms with Crippen LogP contribution in [0, 0.1) is 0 Å². The SMILES string of the molecule is CCCCC(C)(Cc1ncc[nH]1)Nc1nc(N)nc2cnccc12. The lowest BCUT2D eigenvalue weighted by molar-refractivity contribution is 0.441. The van der Waals surface area contributed by atoms with Crippen molar-refractivity contribution < 1.29 is 0 Å². The lowest BCUT2D eigenvalue weighted by atomic mass is 9.90. The van der Waals surface area contributed by atoms with Crippen molar-refractivity contribution in [2.75, 3.05) is 11.1 Å². The van der Waals surface area contributed by atoms with E-state index in [-0.39, 0.29) is 11.5 Å². The number of fused-ring (bicyclic) bond motifs is 1. The number of anilines is 2. The first-order chi connectivity index (χ1) is 11.6. The molecule has 0 aliphatic rings. The first kappa shape index (κ1) is 16.2. The van der Waals surface area contributed by atoms with Gasteiger partial charge < -0.3 is 16.0 Å². The van der Waals surface area contributed by atoms with Gasteiger partial charge in [0.15, 0.2) is 0 Å². The van der Waals surface area contributed by atoms with Crippen molar-refractivity contribution in [1.29, 1.82) is 0 Å². The molecule has 0 spiro atoms. The average molecular weight is 325 g/mol. The van der Waals surface area contributed by atoms with Gasteiger partial charge in [0, 0.05) is 35.9 Å². The van der Waals surface area contributed by atoms with Crippen LogP contribution in [-0.2, 0) is 6.42 Å². The zero-order valence-corrected chi connectivity index (χ0v) is 14.1. The van der Waals surface area contributed by atoms with E-state index in [1.54, 1.807) is 18.6 Å². The number of H-pyrrole nitrogens is 1. The lowest BCUT2D eigenvalue weighted by Gasteiger charge is -2.31. The van der Waals surface area contributed by atoms with Crippen molar-refractivity contribution >= 4 is 22.7 Å². The van der Waals surface area contributed by atoms with E-state index in [0.29, 0.717) is 0 Å². The summed E-state index contributed by atoms with van der Waals surface area (Å²) < 4.78 is 0. The summed E-state index contributed by atoms with van der Waals surface area (Å²) in [7, 11) is 0. The third-order valence-electron chi connectivity index (χ3n) is 4.13. The molecule has 3 aromatic heterocycles. The fourth-order valence-electron chi connectivity index (χ4n) is 2.91. The number of nitrogen functional groups attached to an aromatic ring is 1. The molecule has 126 valence electrons. The second-order valence-corrected chi connectivity index (χ2v) is 6.33. The van der Waals surface area contributed by atoms with Crippen molar-refractivity contribution in [3.05, 3.63) is 36.7 Å². The first-order valence-corrected chi connectivity index (χ1v) is 8.23. The van der Waals surface area contributed by atoms with Gasteiger partial charge in [-0.05, 0) is 19.4 Å². The van der Waals surface area contributed by atoms with Gasteiger partial charge in [-0.2, -0.15) is 4.98 Å². The van der Waals surface area contributed by atoms with E-state index >= 15 is 0 Å². The Labute approximate surface area is 141 Å². The number of rotatable bonds is 7. The number of pyridine rings is 1. The predicted octanol–water partition coefficient (Wildman–Crippen LogP) is 2.93. The van der Waals surface area contributed by atoms with Crippen LogP contribution in [0.3, 0.4) is 0 Å². The van der Waals surface area contributed by atoms with Crippen LogP contribution < -0.4 is 11.1 Å². The van der Waals surface area contributed by atoms with Crippen molar-refractivity contribution in [3.8, 4) is 0 Å². The van der Waals surface area contributed by atoms with Gasteiger partial charge >= 0.3 is 0 Å². The number of nitrogens with one attached hydrogen (secondary N) is 2. The van der Waals surface area contributed by atoms with Crippen LogP contribution in [0.25, 0.3) is 10.9 Å². The molecule has 0 bridgehead atoms. The van der Waals surface area contributed by atoms with Gasteiger partial charge in [0.25, 0.3) is 0 Å². The average Bonchev–Trinajstić information content (AvgIpc) is 3.05. The van der Waals surface area contributed by atoms with E-state index in [1.807, 2.05) is 12.3 Å². The maximum atomic E-state index is 5.87. The second-order valence-electron chi connectivity index (χ2n) is 6.33. The van der Waals surface area contributed by atoms with Crippen LogP contribution in [0.2, 0.25) is 0 Å². The Balaban J connectivity index is 1.95. The fraction of sp³-hybridized carbons (Fsp3) is 0.412. The number of unbranched alkanes of at least 4 members (excludes halogenated alkanes) is 1. The first-order valence-electron chi connectivity index (χ1n) is 8.23. The molecule has 0 saturated carbocycles. The molecule has 3 rings (SSSR count). The van der Waals surface area contributed by atoms with Gasteiger partial charge in [-0.1, -0.05) is 19.8 Å². The van der Waals surface area contributed by atoms with E-state index in [2.05, 4.69) is 44.1 Å². The van der Waals surface area contributed by atoms with Crippen molar-refractivity contribution in [1.82, 2.24) is 24.9 Å². The number of hydrogen-bond acceptors (Lipinski definition) is 6. The zero-order chi connectivity index (χ0) is 17.0. The van der Waals surface area contributed by atoms with Crippen molar-refractivity contribution in [2.24, 2.45) is 0 Å². The Kier molecular flexibility index (Phi) is 4.59. The summed E-state index contributed by atoms with van der Waals surface area (Å²) in [6.45, 7) is 4.38. The Morgan fingerprint density at radius 3 is 2.92 bits per heavy atom. The monoisotopic (exact) mass is 325 g/mol. The molecule has 4 N–H and O–H groups in total. The maximum absolute atomic E-state index is 5.87. The molecule has 7 nitrogen and oxygen atoms in total. The highest BCUT2D eigenvalue weighted by Gasteiger charge is 2.26. The summed E-state index contributed by atoms with van der Waals surface area (Å²) in [6.07, 6.45) is 11.1. The smallest absolute Gasteiger partial charge is 0.222 e. The minimum atomic E-state index is -0.190. The summed E-state index contributed by atoms with van der Waals surface area (Å²) in [5.41, 5.74) is 6.42. The normalized spacial score (nSPS) is 13.8. The largest absolute Gasteiger partial charge is 0.368 e. The topological polar surface area (TPSA) is 105 Å². The Bertz CT molecular complexity index is 800. The van der Waals surface area contributed by atoms with E-state index in [4.69, 9.17) is 5.73 Å². The molecule has 3 heterocycles. The number of imidazole rings is 1. The minimum Gasteiger partial charge on any atom is -0.368 e. The summed E-state index contributed by atoms with van der Waals surface area (Å²) in [5, 5.41) is 4.51. The number of nitrogens with zero attached hydrogens (tertiary/aromatic N) is 4. The van der Waals surface area contributed by atoms with Crippen LogP contribution in [-0.4, -0.2) is 30.5 Å². The molecule has 0 aromatic carbocycles. The van der Waals surface area contributed by atoms with E-state index in [0.717, 1.165) is 48.2 Å². The van der Waals surface area contributed by atoms with Crippen LogP contribution in [0.4, 0.5) is 11.8 Å². The molecule has 7 heteroatoms. The highest BCUT2D eigenvalue weighted by atomic mass is 15.1. The standard InChI is InChI=1S/C17H23N7/c1-3-4-6-17(2,10-14-20-8-9-21-14)24-15-12-5-7-19-11-13(12)22-16(18)23-15/h5,7-9,11H,3-4,6,10H2,1-2H3,(H,20,21)(H3,18,22,23,24). The Morgan fingerprint density at radius 1 is 1.29 bits per heavy atom. The van der Waals surface area contributed by atoms with Gasteiger partial charge in [-0.3, -0.25) is 4.98 Å². The third kappa shape index (κ3) is 3.61. The molecule has 0 radical (unpaired) electrons. The van der Waals surface area contributed by atoms with Crippen LogP contribution >= 0.6 is 0 Å². The zero-order valence-electron chi connectivity index (χ0n) is 14.1. The third-order valence-corrected chi connectivity index (χ3v) is 4.13. The molecule has 0 aliphatic carbocycles. The van der Waals surface area contributed by atoms with Crippen molar-refractivity contribution in [3.63, 3.8) is 0 Å². The minimum absolute atomic E-state index is 0.190. The van der Waals surface area contributed by atoms with Gasteiger partial charge in [-0.15, -0.1) is 0 Å². The quantitative estimate of drug-likeness (QED) is 0.617.